The van der Waals surface area contributed by atoms with E-state index in [1.165, 1.54) is 9.75 Å². The van der Waals surface area contributed by atoms with Gasteiger partial charge in [0.05, 0.1) is 6.54 Å². The Bertz CT molecular complexity index is 931. The average molecular weight is 402 g/mol. The lowest BCUT2D eigenvalue weighted by molar-refractivity contribution is -0.131. The van der Waals surface area contributed by atoms with Crippen LogP contribution in [0, 0.1) is 13.8 Å². The van der Waals surface area contributed by atoms with E-state index in [-0.39, 0.29) is 11.5 Å². The van der Waals surface area contributed by atoms with Crippen molar-refractivity contribution in [2.75, 3.05) is 6.54 Å². The van der Waals surface area contributed by atoms with Crippen molar-refractivity contribution in [3.05, 3.63) is 72.2 Å². The topological polar surface area (TPSA) is 66.1 Å². The van der Waals surface area contributed by atoms with Crippen LogP contribution in [0.15, 0.2) is 39.8 Å². The molecule has 0 atom stereocenters. The molecule has 3 aromatic rings. The summed E-state index contributed by atoms with van der Waals surface area (Å²) in [4.78, 5) is 36.4. The zero-order valence-electron chi connectivity index (χ0n) is 15.5. The minimum absolute atomic E-state index is 0.0688. The van der Waals surface area contributed by atoms with Crippen LogP contribution in [0.2, 0.25) is 0 Å². The van der Waals surface area contributed by atoms with E-state index >= 15 is 0 Å². The second kappa shape index (κ2) is 9.10. The van der Waals surface area contributed by atoms with Crippen molar-refractivity contribution < 1.29 is 4.79 Å². The standard InChI is InChI=1S/C20H23N3O2S2/c1-14-18(20(25)22-15(2)21-14)7-8-19(24)23(13-17-6-4-12-27-17)10-9-16-5-3-11-26-16/h3-6,11-12H,7-10,13H2,1-2H3,(H,21,22,25). The molecule has 0 fully saturated rings. The van der Waals surface area contributed by atoms with E-state index in [0.29, 0.717) is 43.0 Å². The highest BCUT2D eigenvalue weighted by Crippen LogP contribution is 2.16. The summed E-state index contributed by atoms with van der Waals surface area (Å²) in [7, 11) is 0. The Hall–Kier alpha value is -2.25. The number of nitrogens with zero attached hydrogens (tertiary/aromatic N) is 2. The predicted octanol–water partition coefficient (Wildman–Crippen LogP) is 3.71. The van der Waals surface area contributed by atoms with Gasteiger partial charge in [0.1, 0.15) is 5.82 Å². The van der Waals surface area contributed by atoms with E-state index in [0.717, 1.165) is 6.42 Å². The van der Waals surface area contributed by atoms with Crippen molar-refractivity contribution in [2.45, 2.75) is 39.7 Å². The van der Waals surface area contributed by atoms with Gasteiger partial charge in [-0.15, -0.1) is 22.7 Å². The lowest BCUT2D eigenvalue weighted by Crippen LogP contribution is -2.33. The van der Waals surface area contributed by atoms with Gasteiger partial charge in [0, 0.05) is 34.0 Å². The maximum Gasteiger partial charge on any atom is 0.254 e. The van der Waals surface area contributed by atoms with Gasteiger partial charge in [-0.05, 0) is 49.6 Å². The van der Waals surface area contributed by atoms with Crippen LogP contribution >= 0.6 is 22.7 Å². The number of aromatic nitrogens is 2. The number of hydrogen-bond donors (Lipinski definition) is 1. The summed E-state index contributed by atoms with van der Waals surface area (Å²) >= 11 is 3.37. The number of aryl methyl sites for hydroxylation is 2. The first-order chi connectivity index (χ1) is 13.0. The third kappa shape index (κ3) is 5.37. The van der Waals surface area contributed by atoms with Crippen molar-refractivity contribution in [3.63, 3.8) is 0 Å². The van der Waals surface area contributed by atoms with E-state index in [2.05, 4.69) is 27.5 Å². The maximum atomic E-state index is 12.9. The number of nitrogens with one attached hydrogen (secondary N) is 1. The lowest BCUT2D eigenvalue weighted by atomic mass is 10.1. The van der Waals surface area contributed by atoms with Crippen molar-refractivity contribution in [2.24, 2.45) is 0 Å². The molecule has 0 aromatic carbocycles. The van der Waals surface area contributed by atoms with Crippen LogP contribution in [0.3, 0.4) is 0 Å². The van der Waals surface area contributed by atoms with Crippen molar-refractivity contribution in [1.29, 1.82) is 0 Å². The molecule has 0 aliphatic heterocycles. The summed E-state index contributed by atoms with van der Waals surface area (Å²) in [5.74, 6) is 0.669. The highest BCUT2D eigenvalue weighted by molar-refractivity contribution is 7.10. The Morgan fingerprint density at radius 1 is 1.11 bits per heavy atom. The lowest BCUT2D eigenvalue weighted by Gasteiger charge is -2.22. The fraction of sp³-hybridized carbons (Fsp3) is 0.350. The number of carbonyl (C=O) groups is 1. The molecule has 0 aliphatic carbocycles. The van der Waals surface area contributed by atoms with Crippen molar-refractivity contribution in [1.82, 2.24) is 14.9 Å². The zero-order chi connectivity index (χ0) is 19.2. The summed E-state index contributed by atoms with van der Waals surface area (Å²) in [5.41, 5.74) is 1.16. The monoisotopic (exact) mass is 401 g/mol. The normalized spacial score (nSPS) is 10.9. The predicted molar refractivity (Wildman–Crippen MR) is 110 cm³/mol. The molecule has 1 N–H and O–H groups in total. The van der Waals surface area contributed by atoms with Gasteiger partial charge in [-0.1, -0.05) is 12.1 Å². The average Bonchev–Trinajstić information content (AvgIpc) is 3.31. The van der Waals surface area contributed by atoms with Crippen LogP contribution in [0.25, 0.3) is 0 Å². The Morgan fingerprint density at radius 2 is 1.81 bits per heavy atom. The molecule has 0 radical (unpaired) electrons. The molecule has 3 rings (SSSR count). The van der Waals surface area contributed by atoms with Crippen LogP contribution in [0.5, 0.6) is 0 Å². The number of hydrogen-bond acceptors (Lipinski definition) is 5. The quantitative estimate of drug-likeness (QED) is 0.626. The molecule has 7 heteroatoms. The number of rotatable bonds is 8. The van der Waals surface area contributed by atoms with Crippen LogP contribution in [0.1, 0.15) is 33.3 Å². The van der Waals surface area contributed by atoms with Crippen LogP contribution in [0.4, 0.5) is 0 Å². The fourth-order valence-corrected chi connectivity index (χ4v) is 4.44. The number of carbonyl (C=O) groups excluding carboxylic acids is 1. The SMILES string of the molecule is Cc1nc(C)c(CCC(=O)N(CCc2cccs2)Cc2cccs2)c(=O)[nH]1. The summed E-state index contributed by atoms with van der Waals surface area (Å²) < 4.78 is 0. The third-order valence-electron chi connectivity index (χ3n) is 4.42. The Labute approximate surface area is 166 Å². The van der Waals surface area contributed by atoms with E-state index in [1.807, 2.05) is 29.3 Å². The molecule has 0 unspecified atom stereocenters. The molecule has 3 aromatic heterocycles. The van der Waals surface area contributed by atoms with E-state index in [9.17, 15) is 9.59 Å². The summed E-state index contributed by atoms with van der Waals surface area (Å²) in [6.45, 7) is 4.88. The molecule has 27 heavy (non-hydrogen) atoms. The Kier molecular flexibility index (Phi) is 6.58. The highest BCUT2D eigenvalue weighted by atomic mass is 32.1. The molecule has 0 aliphatic rings. The minimum atomic E-state index is -0.142. The highest BCUT2D eigenvalue weighted by Gasteiger charge is 2.17. The largest absolute Gasteiger partial charge is 0.337 e. The summed E-state index contributed by atoms with van der Waals surface area (Å²) in [5, 5.41) is 4.08. The van der Waals surface area contributed by atoms with Gasteiger partial charge in [-0.25, -0.2) is 4.98 Å². The van der Waals surface area contributed by atoms with E-state index in [4.69, 9.17) is 0 Å². The second-order valence-electron chi connectivity index (χ2n) is 6.44. The first-order valence-electron chi connectivity index (χ1n) is 8.92. The second-order valence-corrected chi connectivity index (χ2v) is 8.50. The molecular formula is C20H23N3O2S2. The first kappa shape index (κ1) is 19.5. The summed E-state index contributed by atoms with van der Waals surface area (Å²) in [6, 6.07) is 8.18. The van der Waals surface area contributed by atoms with E-state index in [1.54, 1.807) is 29.6 Å². The number of thiophene rings is 2. The fourth-order valence-electron chi connectivity index (χ4n) is 3.02. The number of aromatic amines is 1. The number of H-pyrrole nitrogens is 1. The van der Waals surface area contributed by atoms with E-state index < -0.39 is 0 Å². The van der Waals surface area contributed by atoms with Crippen LogP contribution in [-0.4, -0.2) is 27.3 Å². The Balaban J connectivity index is 1.67. The third-order valence-corrected chi connectivity index (χ3v) is 6.21. The zero-order valence-corrected chi connectivity index (χ0v) is 17.2. The molecule has 0 spiro atoms. The maximum absolute atomic E-state index is 12.9. The van der Waals surface area contributed by atoms with Crippen molar-refractivity contribution in [3.8, 4) is 0 Å². The molecular weight excluding hydrogens is 378 g/mol. The van der Waals surface area contributed by atoms with Gasteiger partial charge in [-0.2, -0.15) is 0 Å². The summed E-state index contributed by atoms with van der Waals surface area (Å²) in [6.07, 6.45) is 1.57. The van der Waals surface area contributed by atoms with Gasteiger partial charge in [0.25, 0.3) is 5.56 Å². The smallest absolute Gasteiger partial charge is 0.254 e. The van der Waals surface area contributed by atoms with Gasteiger partial charge in [0.15, 0.2) is 0 Å². The van der Waals surface area contributed by atoms with Crippen LogP contribution < -0.4 is 5.56 Å². The van der Waals surface area contributed by atoms with Gasteiger partial charge in [0.2, 0.25) is 5.91 Å². The molecule has 142 valence electrons. The molecule has 0 bridgehead atoms. The molecule has 3 heterocycles. The minimum Gasteiger partial charge on any atom is -0.337 e. The Morgan fingerprint density at radius 3 is 2.44 bits per heavy atom. The van der Waals surface area contributed by atoms with Crippen molar-refractivity contribution >= 4 is 28.6 Å². The van der Waals surface area contributed by atoms with Gasteiger partial charge < -0.3 is 9.88 Å². The first-order valence-corrected chi connectivity index (χ1v) is 10.7. The van der Waals surface area contributed by atoms with Gasteiger partial charge >= 0.3 is 0 Å². The molecule has 1 amide bonds. The molecule has 0 saturated heterocycles. The molecule has 5 nitrogen and oxygen atoms in total. The van der Waals surface area contributed by atoms with Crippen LogP contribution in [-0.2, 0) is 24.2 Å². The molecule has 0 saturated carbocycles. The number of amides is 1. The van der Waals surface area contributed by atoms with Gasteiger partial charge in [-0.3, -0.25) is 9.59 Å².